The van der Waals surface area contributed by atoms with Crippen molar-refractivity contribution in [2.45, 2.75) is 26.0 Å². The van der Waals surface area contributed by atoms with Crippen molar-refractivity contribution in [1.82, 2.24) is 15.3 Å². The van der Waals surface area contributed by atoms with E-state index in [4.69, 9.17) is 16.3 Å². The van der Waals surface area contributed by atoms with Gasteiger partial charge in [0.15, 0.2) is 0 Å². The summed E-state index contributed by atoms with van der Waals surface area (Å²) >= 11 is 6.25. The van der Waals surface area contributed by atoms with Gasteiger partial charge in [0.05, 0.1) is 11.8 Å². The van der Waals surface area contributed by atoms with Crippen LogP contribution in [0.15, 0.2) is 61.1 Å². The third kappa shape index (κ3) is 4.85. The Labute approximate surface area is 168 Å². The van der Waals surface area contributed by atoms with Gasteiger partial charge in [-0.2, -0.15) is 0 Å². The average Bonchev–Trinajstić information content (AvgIpc) is 2.66. The van der Waals surface area contributed by atoms with Gasteiger partial charge >= 0.3 is 0 Å². The summed E-state index contributed by atoms with van der Waals surface area (Å²) in [6, 6.07) is 12.1. The van der Waals surface area contributed by atoms with Crippen LogP contribution in [-0.4, -0.2) is 21.0 Å². The highest BCUT2D eigenvalue weighted by Crippen LogP contribution is 2.28. The molecule has 2 heterocycles. The first-order valence-electron chi connectivity index (χ1n) is 8.67. The largest absolute Gasteiger partial charge is 0.437 e. The molecule has 0 bridgehead atoms. The molecule has 0 fully saturated rings. The molecule has 0 saturated heterocycles. The highest BCUT2D eigenvalue weighted by molar-refractivity contribution is 6.31. The topological polar surface area (TPSA) is 84.3 Å². The highest BCUT2D eigenvalue weighted by Gasteiger charge is 2.20. The summed E-state index contributed by atoms with van der Waals surface area (Å²) < 4.78 is 5.67. The number of amides is 1. The molecule has 3 rings (SSSR count). The van der Waals surface area contributed by atoms with E-state index in [1.54, 1.807) is 68.8 Å². The second kappa shape index (κ2) is 8.37. The molecule has 0 spiro atoms. The molecule has 0 aliphatic rings. The summed E-state index contributed by atoms with van der Waals surface area (Å²) in [6.07, 6.45) is 4.73. The summed E-state index contributed by atoms with van der Waals surface area (Å²) in [7, 11) is 0. The molecule has 7 heteroatoms. The van der Waals surface area contributed by atoms with Crippen molar-refractivity contribution in [2.75, 3.05) is 0 Å². The number of nitrogens with zero attached hydrogens (tertiary/aromatic N) is 2. The summed E-state index contributed by atoms with van der Waals surface area (Å²) in [5.41, 5.74) is 0.715. The molecule has 1 amide bonds. The van der Waals surface area contributed by atoms with Gasteiger partial charge in [-0.3, -0.25) is 9.78 Å². The van der Waals surface area contributed by atoms with Crippen LogP contribution in [0.3, 0.4) is 0 Å². The second-order valence-corrected chi connectivity index (χ2v) is 7.11. The Morgan fingerprint density at radius 3 is 2.68 bits per heavy atom. The molecule has 0 aliphatic carbocycles. The van der Waals surface area contributed by atoms with Crippen LogP contribution >= 0.6 is 11.6 Å². The monoisotopic (exact) mass is 397 g/mol. The zero-order chi connectivity index (χ0) is 20.1. The Kier molecular flexibility index (Phi) is 5.92. The molecular weight excluding hydrogens is 378 g/mol. The van der Waals surface area contributed by atoms with E-state index in [0.29, 0.717) is 21.9 Å². The summed E-state index contributed by atoms with van der Waals surface area (Å²) in [4.78, 5) is 20.7. The van der Waals surface area contributed by atoms with Crippen molar-refractivity contribution >= 4 is 17.5 Å². The van der Waals surface area contributed by atoms with Crippen molar-refractivity contribution in [2.24, 2.45) is 0 Å². The van der Waals surface area contributed by atoms with Gasteiger partial charge < -0.3 is 15.2 Å². The molecule has 0 saturated carbocycles. The van der Waals surface area contributed by atoms with Gasteiger partial charge in [-0.25, -0.2) is 4.98 Å². The van der Waals surface area contributed by atoms with Crippen LogP contribution in [0, 0.1) is 0 Å². The van der Waals surface area contributed by atoms with Crippen LogP contribution in [0.2, 0.25) is 5.02 Å². The molecule has 2 N–H and O–H groups in total. The minimum atomic E-state index is -1.03. The second-order valence-electron chi connectivity index (χ2n) is 6.70. The summed E-state index contributed by atoms with van der Waals surface area (Å²) in [5, 5.41) is 13.4. The lowest BCUT2D eigenvalue weighted by Crippen LogP contribution is -2.24. The van der Waals surface area contributed by atoms with E-state index in [-0.39, 0.29) is 18.3 Å². The van der Waals surface area contributed by atoms with Crippen LogP contribution in [-0.2, 0) is 12.1 Å². The first kappa shape index (κ1) is 19.8. The number of hydrogen-bond acceptors (Lipinski definition) is 5. The molecule has 6 nitrogen and oxygen atoms in total. The van der Waals surface area contributed by atoms with E-state index in [2.05, 4.69) is 15.3 Å². The molecule has 0 unspecified atom stereocenters. The number of benzene rings is 1. The molecule has 3 aromatic rings. The number of rotatable bonds is 6. The minimum Gasteiger partial charge on any atom is -0.437 e. The van der Waals surface area contributed by atoms with E-state index in [9.17, 15) is 9.90 Å². The number of aromatic nitrogens is 2. The normalized spacial score (nSPS) is 11.1. The Balaban J connectivity index is 1.71. The van der Waals surface area contributed by atoms with Gasteiger partial charge in [-0.05, 0) is 49.7 Å². The van der Waals surface area contributed by atoms with E-state index >= 15 is 0 Å². The number of ether oxygens (including phenoxy) is 1. The molecule has 144 valence electrons. The third-order valence-electron chi connectivity index (χ3n) is 4.01. The van der Waals surface area contributed by atoms with Crippen LogP contribution in [0.1, 0.15) is 35.3 Å². The lowest BCUT2D eigenvalue weighted by molar-refractivity contribution is 0.0786. The Morgan fingerprint density at radius 1 is 1.21 bits per heavy atom. The van der Waals surface area contributed by atoms with Crippen LogP contribution < -0.4 is 10.1 Å². The summed E-state index contributed by atoms with van der Waals surface area (Å²) in [5.74, 6) is 0.363. The lowest BCUT2D eigenvalue weighted by Gasteiger charge is -2.20. The van der Waals surface area contributed by atoms with E-state index in [1.165, 1.54) is 0 Å². The van der Waals surface area contributed by atoms with Crippen molar-refractivity contribution in [3.05, 3.63) is 82.8 Å². The van der Waals surface area contributed by atoms with Crippen molar-refractivity contribution in [1.29, 1.82) is 0 Å². The number of carbonyl (C=O) groups is 1. The predicted octanol–water partition coefficient (Wildman–Crippen LogP) is 4.08. The molecule has 0 radical (unpaired) electrons. The van der Waals surface area contributed by atoms with Gasteiger partial charge in [0.2, 0.25) is 5.88 Å². The van der Waals surface area contributed by atoms with E-state index in [0.717, 1.165) is 5.56 Å². The van der Waals surface area contributed by atoms with Crippen molar-refractivity contribution in [3.8, 4) is 11.6 Å². The van der Waals surface area contributed by atoms with Crippen molar-refractivity contribution in [3.63, 3.8) is 0 Å². The average molecular weight is 398 g/mol. The maximum Gasteiger partial charge on any atom is 0.257 e. The molecule has 28 heavy (non-hydrogen) atoms. The first-order chi connectivity index (χ1) is 13.3. The van der Waals surface area contributed by atoms with Crippen LogP contribution in [0.5, 0.6) is 11.6 Å². The van der Waals surface area contributed by atoms with Gasteiger partial charge in [-0.15, -0.1) is 0 Å². The Hall–Kier alpha value is -2.96. The quantitative estimate of drug-likeness (QED) is 0.654. The van der Waals surface area contributed by atoms with Gasteiger partial charge in [0.1, 0.15) is 11.3 Å². The van der Waals surface area contributed by atoms with Crippen molar-refractivity contribution < 1.29 is 14.6 Å². The number of carbonyl (C=O) groups excluding carboxylic acids is 1. The minimum absolute atomic E-state index is 0.198. The fraction of sp³-hybridized carbons (Fsp3) is 0.190. The maximum absolute atomic E-state index is 12.6. The van der Waals surface area contributed by atoms with Gasteiger partial charge in [-0.1, -0.05) is 23.7 Å². The number of nitrogens with one attached hydrogen (secondary N) is 1. The smallest absolute Gasteiger partial charge is 0.257 e. The Bertz CT molecular complexity index is 972. The maximum atomic E-state index is 12.6. The fourth-order valence-electron chi connectivity index (χ4n) is 2.61. The van der Waals surface area contributed by atoms with Crippen LogP contribution in [0.4, 0.5) is 0 Å². The van der Waals surface area contributed by atoms with Crippen LogP contribution in [0.25, 0.3) is 0 Å². The van der Waals surface area contributed by atoms with Gasteiger partial charge in [0.25, 0.3) is 5.91 Å². The number of hydrogen-bond donors (Lipinski definition) is 2. The SMILES string of the molecule is CC(C)(O)c1ccc(CNC(=O)c2cccnc2Oc2cccnc2)cc1Cl. The predicted molar refractivity (Wildman–Crippen MR) is 106 cm³/mol. The Morgan fingerprint density at radius 2 is 2.00 bits per heavy atom. The molecular formula is C21H20ClN3O3. The zero-order valence-electron chi connectivity index (χ0n) is 15.5. The molecule has 2 aromatic heterocycles. The number of halogens is 1. The fourth-order valence-corrected chi connectivity index (χ4v) is 3.04. The number of pyridine rings is 2. The molecule has 0 atom stereocenters. The summed E-state index contributed by atoms with van der Waals surface area (Å²) in [6.45, 7) is 3.61. The highest BCUT2D eigenvalue weighted by atomic mass is 35.5. The zero-order valence-corrected chi connectivity index (χ0v) is 16.3. The third-order valence-corrected chi connectivity index (χ3v) is 4.32. The number of aliphatic hydroxyl groups is 1. The lowest BCUT2D eigenvalue weighted by atomic mass is 9.97. The molecule has 1 aromatic carbocycles. The van der Waals surface area contributed by atoms with E-state index < -0.39 is 5.60 Å². The molecule has 0 aliphatic heterocycles. The standard InChI is InChI=1S/C21H20ClN3O3/c1-21(2,27)17-8-7-14(11-18(17)22)12-25-19(26)16-6-4-10-24-20(16)28-15-5-3-9-23-13-15/h3-11,13,27H,12H2,1-2H3,(H,25,26). The van der Waals surface area contributed by atoms with Gasteiger partial charge in [0, 0.05) is 29.5 Å². The van der Waals surface area contributed by atoms with E-state index in [1.807, 2.05) is 6.07 Å². The first-order valence-corrected chi connectivity index (χ1v) is 9.05.